The van der Waals surface area contributed by atoms with Crippen LogP contribution in [0.4, 0.5) is 0 Å². The van der Waals surface area contributed by atoms with Crippen LogP contribution in [0.1, 0.15) is 25.7 Å². The van der Waals surface area contributed by atoms with Crippen molar-refractivity contribution in [3.05, 3.63) is 11.2 Å². The molecular formula is C11H18ClN2+. The first kappa shape index (κ1) is 10.0. The van der Waals surface area contributed by atoms with Gasteiger partial charge in [-0.25, -0.2) is 4.58 Å². The fourth-order valence-corrected chi connectivity index (χ4v) is 2.32. The first-order valence-electron chi connectivity index (χ1n) is 5.56. The molecule has 14 heavy (non-hydrogen) atoms. The molecule has 2 saturated heterocycles. The molecule has 2 aliphatic rings. The normalized spacial score (nSPS) is 23.4. The molecule has 2 aliphatic heterocycles. The zero-order valence-electron chi connectivity index (χ0n) is 8.58. The van der Waals surface area contributed by atoms with Crippen molar-refractivity contribution in [1.82, 2.24) is 4.90 Å². The Labute approximate surface area is 90.9 Å². The summed E-state index contributed by atoms with van der Waals surface area (Å²) in [4.78, 5) is 2.26. The zero-order valence-corrected chi connectivity index (χ0v) is 9.34. The SMILES string of the molecule is Cl/C(=C\C=[N+]1CCCC1)N1CCCC1. The summed E-state index contributed by atoms with van der Waals surface area (Å²) in [6.45, 7) is 4.65. The van der Waals surface area contributed by atoms with E-state index in [1.54, 1.807) is 0 Å². The van der Waals surface area contributed by atoms with Gasteiger partial charge in [0.1, 0.15) is 18.2 Å². The minimum atomic E-state index is 0.911. The van der Waals surface area contributed by atoms with Crippen LogP contribution >= 0.6 is 11.6 Å². The van der Waals surface area contributed by atoms with Crippen molar-refractivity contribution in [1.29, 1.82) is 0 Å². The third-order valence-corrected chi connectivity index (χ3v) is 3.34. The average Bonchev–Trinajstić information content (AvgIpc) is 2.87. The van der Waals surface area contributed by atoms with Crippen LogP contribution in [-0.2, 0) is 0 Å². The molecule has 2 nitrogen and oxygen atoms in total. The first-order chi connectivity index (χ1) is 6.86. The van der Waals surface area contributed by atoms with Gasteiger partial charge in [-0.05, 0) is 12.8 Å². The summed E-state index contributed by atoms with van der Waals surface area (Å²) in [6, 6.07) is 0. The molecule has 78 valence electrons. The second-order valence-corrected chi connectivity index (χ2v) is 4.46. The van der Waals surface area contributed by atoms with Crippen LogP contribution in [-0.4, -0.2) is 41.9 Å². The summed E-state index contributed by atoms with van der Waals surface area (Å²) in [7, 11) is 0. The number of hydrogen-bond donors (Lipinski definition) is 0. The number of hydrogen-bond acceptors (Lipinski definition) is 1. The fourth-order valence-electron chi connectivity index (χ4n) is 2.09. The maximum Gasteiger partial charge on any atom is 0.166 e. The third-order valence-electron chi connectivity index (χ3n) is 2.97. The number of allylic oxidation sites excluding steroid dienone is 1. The van der Waals surface area contributed by atoms with Gasteiger partial charge in [0.2, 0.25) is 0 Å². The minimum Gasteiger partial charge on any atom is -0.362 e. The van der Waals surface area contributed by atoms with E-state index >= 15 is 0 Å². The van der Waals surface area contributed by atoms with Gasteiger partial charge in [-0.15, -0.1) is 0 Å². The minimum absolute atomic E-state index is 0.911. The Kier molecular flexibility index (Phi) is 3.46. The topological polar surface area (TPSA) is 6.25 Å². The molecule has 0 aromatic heterocycles. The first-order valence-corrected chi connectivity index (χ1v) is 5.94. The maximum atomic E-state index is 6.19. The van der Waals surface area contributed by atoms with Gasteiger partial charge in [-0.1, -0.05) is 11.6 Å². The van der Waals surface area contributed by atoms with Gasteiger partial charge in [0.15, 0.2) is 6.21 Å². The Bertz CT molecular complexity index is 244. The molecule has 3 heteroatoms. The number of rotatable bonds is 2. The standard InChI is InChI=1S/C11H18ClN2/c12-11(14-8-3-4-9-14)5-10-13-6-1-2-7-13/h5,10H,1-4,6-9H2/q+1. The molecule has 0 spiro atoms. The molecule has 0 saturated carbocycles. The fraction of sp³-hybridized carbons (Fsp3) is 0.727. The predicted octanol–water partition coefficient (Wildman–Crippen LogP) is 2.04. The highest BCUT2D eigenvalue weighted by Gasteiger charge is 2.14. The van der Waals surface area contributed by atoms with E-state index in [4.69, 9.17) is 11.6 Å². The monoisotopic (exact) mass is 213 g/mol. The Balaban J connectivity index is 1.92. The van der Waals surface area contributed by atoms with Crippen LogP contribution in [0, 0.1) is 0 Å². The average molecular weight is 214 g/mol. The quantitative estimate of drug-likeness (QED) is 0.503. The largest absolute Gasteiger partial charge is 0.362 e. The van der Waals surface area contributed by atoms with Crippen molar-refractivity contribution >= 4 is 17.8 Å². The van der Waals surface area contributed by atoms with Crippen molar-refractivity contribution in [2.24, 2.45) is 0 Å². The molecule has 0 atom stereocenters. The van der Waals surface area contributed by atoms with Crippen LogP contribution in [0.15, 0.2) is 11.2 Å². The Morgan fingerprint density at radius 3 is 2.36 bits per heavy atom. The van der Waals surface area contributed by atoms with Gasteiger partial charge >= 0.3 is 0 Å². The Hall–Kier alpha value is -0.500. The van der Waals surface area contributed by atoms with Crippen LogP contribution in [0.3, 0.4) is 0 Å². The highest BCUT2D eigenvalue weighted by atomic mass is 35.5. The van der Waals surface area contributed by atoms with Gasteiger partial charge in [0.25, 0.3) is 0 Å². The van der Waals surface area contributed by atoms with Gasteiger partial charge in [-0.3, -0.25) is 0 Å². The lowest BCUT2D eigenvalue weighted by Gasteiger charge is -2.14. The zero-order chi connectivity index (χ0) is 9.80. The molecule has 0 aromatic rings. The third kappa shape index (κ3) is 2.50. The lowest BCUT2D eigenvalue weighted by Crippen LogP contribution is -2.16. The van der Waals surface area contributed by atoms with Crippen molar-refractivity contribution in [2.75, 3.05) is 26.2 Å². The van der Waals surface area contributed by atoms with E-state index in [-0.39, 0.29) is 0 Å². The summed E-state index contributed by atoms with van der Waals surface area (Å²) >= 11 is 6.19. The number of likely N-dealkylation sites (tertiary alicyclic amines) is 1. The molecule has 0 N–H and O–H groups in total. The Morgan fingerprint density at radius 2 is 1.71 bits per heavy atom. The van der Waals surface area contributed by atoms with Crippen molar-refractivity contribution < 1.29 is 4.58 Å². The molecule has 0 aromatic carbocycles. The predicted molar refractivity (Wildman–Crippen MR) is 60.0 cm³/mol. The summed E-state index contributed by atoms with van der Waals surface area (Å²) in [5.74, 6) is 0. The highest BCUT2D eigenvalue weighted by Crippen LogP contribution is 2.16. The second-order valence-electron chi connectivity index (χ2n) is 4.08. The smallest absolute Gasteiger partial charge is 0.166 e. The van der Waals surface area contributed by atoms with E-state index in [0.717, 1.165) is 18.2 Å². The molecule has 0 amide bonds. The van der Waals surface area contributed by atoms with Crippen LogP contribution in [0.5, 0.6) is 0 Å². The van der Waals surface area contributed by atoms with Gasteiger partial charge < -0.3 is 4.90 Å². The van der Waals surface area contributed by atoms with E-state index in [1.165, 1.54) is 38.8 Å². The van der Waals surface area contributed by atoms with E-state index in [2.05, 4.69) is 21.8 Å². The van der Waals surface area contributed by atoms with Gasteiger partial charge in [-0.2, -0.15) is 0 Å². The van der Waals surface area contributed by atoms with Crippen molar-refractivity contribution in [3.63, 3.8) is 0 Å². The van der Waals surface area contributed by atoms with Crippen LogP contribution < -0.4 is 0 Å². The molecular weight excluding hydrogens is 196 g/mol. The lowest BCUT2D eigenvalue weighted by atomic mass is 10.4. The second kappa shape index (κ2) is 4.83. The molecule has 2 heterocycles. The molecule has 0 aliphatic carbocycles. The number of halogens is 1. The van der Waals surface area contributed by atoms with Gasteiger partial charge in [0.05, 0.1) is 0 Å². The van der Waals surface area contributed by atoms with Crippen molar-refractivity contribution in [3.8, 4) is 0 Å². The van der Waals surface area contributed by atoms with Crippen LogP contribution in [0.2, 0.25) is 0 Å². The maximum absolute atomic E-state index is 6.19. The van der Waals surface area contributed by atoms with E-state index in [0.29, 0.717) is 0 Å². The lowest BCUT2D eigenvalue weighted by molar-refractivity contribution is -0.500. The summed E-state index contributed by atoms with van der Waals surface area (Å²) in [5.41, 5.74) is 0. The molecule has 2 fully saturated rings. The number of nitrogens with zero attached hydrogens (tertiary/aromatic N) is 2. The highest BCUT2D eigenvalue weighted by molar-refractivity contribution is 6.30. The van der Waals surface area contributed by atoms with Crippen molar-refractivity contribution in [2.45, 2.75) is 25.7 Å². The molecule has 0 bridgehead atoms. The van der Waals surface area contributed by atoms with E-state index in [9.17, 15) is 0 Å². The summed E-state index contributed by atoms with van der Waals surface area (Å²) in [5, 5.41) is 0.911. The van der Waals surface area contributed by atoms with Crippen LogP contribution in [0.25, 0.3) is 0 Å². The Morgan fingerprint density at radius 1 is 1.07 bits per heavy atom. The molecule has 2 rings (SSSR count). The molecule has 0 unspecified atom stereocenters. The van der Waals surface area contributed by atoms with Gasteiger partial charge in [0, 0.05) is 32.0 Å². The summed E-state index contributed by atoms with van der Waals surface area (Å²) < 4.78 is 2.35. The van der Waals surface area contributed by atoms with E-state index in [1.807, 2.05) is 0 Å². The summed E-state index contributed by atoms with van der Waals surface area (Å²) in [6.07, 6.45) is 9.42. The van der Waals surface area contributed by atoms with E-state index < -0.39 is 0 Å². The molecule has 0 radical (unpaired) electrons.